The molecule has 1 aliphatic rings. The molecule has 0 atom stereocenters. The topological polar surface area (TPSA) is 94.6 Å². The van der Waals surface area contributed by atoms with Crippen LogP contribution in [0.3, 0.4) is 0 Å². The van der Waals surface area contributed by atoms with Gasteiger partial charge in [-0.15, -0.1) is 0 Å². The second-order valence-electron chi connectivity index (χ2n) is 6.91. The Morgan fingerprint density at radius 2 is 2.03 bits per heavy atom. The highest BCUT2D eigenvalue weighted by Crippen LogP contribution is 2.16. The van der Waals surface area contributed by atoms with Crippen molar-refractivity contribution in [1.29, 1.82) is 0 Å². The maximum absolute atomic E-state index is 11.8. The maximum atomic E-state index is 11.8. The van der Waals surface area contributed by atoms with Crippen LogP contribution in [0.5, 0.6) is 0 Å². The third-order valence-corrected chi connectivity index (χ3v) is 4.81. The molecule has 2 heterocycles. The predicted molar refractivity (Wildman–Crippen MR) is 114 cm³/mol. The van der Waals surface area contributed by atoms with Crippen LogP contribution in [0, 0.1) is 0 Å². The fraction of sp³-hybridized carbons (Fsp3) is 0.476. The van der Waals surface area contributed by atoms with Crippen molar-refractivity contribution in [2.24, 2.45) is 4.99 Å². The minimum absolute atomic E-state index is 0.224. The number of nitrogens with one attached hydrogen (secondary N) is 3. The van der Waals surface area contributed by atoms with Crippen LogP contribution in [-0.4, -0.2) is 59.2 Å². The highest BCUT2D eigenvalue weighted by molar-refractivity contribution is 5.80. The first-order valence-corrected chi connectivity index (χ1v) is 10.3. The Kier molecular flexibility index (Phi) is 7.49. The van der Waals surface area contributed by atoms with Crippen molar-refractivity contribution in [1.82, 2.24) is 25.5 Å². The number of imidazole rings is 1. The molecule has 0 unspecified atom stereocenters. The number of carbonyl (C=O) groups is 1. The molecule has 0 bridgehead atoms. The highest BCUT2D eigenvalue weighted by Gasteiger charge is 2.24. The van der Waals surface area contributed by atoms with E-state index in [1.165, 1.54) is 0 Å². The lowest BCUT2D eigenvalue weighted by atomic mass is 10.1. The van der Waals surface area contributed by atoms with Gasteiger partial charge >= 0.3 is 6.09 Å². The van der Waals surface area contributed by atoms with E-state index >= 15 is 0 Å². The van der Waals surface area contributed by atoms with Crippen LogP contribution in [0.2, 0.25) is 0 Å². The van der Waals surface area contributed by atoms with E-state index in [-0.39, 0.29) is 12.1 Å². The van der Waals surface area contributed by atoms with Crippen molar-refractivity contribution in [3.63, 3.8) is 0 Å². The molecule has 2 aromatic rings. The summed E-state index contributed by atoms with van der Waals surface area (Å²) in [5.74, 6) is 1.58. The lowest BCUT2D eigenvalue weighted by molar-refractivity contribution is 0.0963. The second-order valence-corrected chi connectivity index (χ2v) is 6.91. The molecule has 1 aliphatic heterocycles. The molecular formula is C21H30N6O2. The normalized spacial score (nSPS) is 15.2. The van der Waals surface area contributed by atoms with Gasteiger partial charge in [-0.25, -0.2) is 14.8 Å². The Balaban J connectivity index is 1.54. The Labute approximate surface area is 171 Å². The van der Waals surface area contributed by atoms with Gasteiger partial charge in [-0.2, -0.15) is 0 Å². The Hall–Kier alpha value is -3.03. The van der Waals surface area contributed by atoms with Gasteiger partial charge in [0.2, 0.25) is 0 Å². The summed E-state index contributed by atoms with van der Waals surface area (Å²) in [4.78, 5) is 26.0. The lowest BCUT2D eigenvalue weighted by Crippen LogP contribution is -2.49. The van der Waals surface area contributed by atoms with Gasteiger partial charge in [0.25, 0.3) is 0 Å². The Bertz CT molecular complexity index is 797. The first-order valence-electron chi connectivity index (χ1n) is 10.3. The van der Waals surface area contributed by atoms with E-state index in [4.69, 9.17) is 4.74 Å². The minimum atomic E-state index is -0.224. The van der Waals surface area contributed by atoms with Crippen molar-refractivity contribution in [3.05, 3.63) is 42.4 Å². The molecule has 8 heteroatoms. The molecule has 3 N–H and O–H groups in total. The van der Waals surface area contributed by atoms with Crippen LogP contribution in [0.1, 0.15) is 32.5 Å². The molecule has 1 saturated heterocycles. The van der Waals surface area contributed by atoms with Crippen molar-refractivity contribution in [2.45, 2.75) is 39.3 Å². The van der Waals surface area contributed by atoms with Crippen molar-refractivity contribution in [2.75, 3.05) is 26.2 Å². The number of guanidine groups is 1. The molecule has 1 fully saturated rings. The third kappa shape index (κ3) is 5.97. The molecule has 29 heavy (non-hydrogen) atoms. The summed E-state index contributed by atoms with van der Waals surface area (Å²) in [6.45, 7) is 6.90. The SMILES string of the molecule is CCNC(=NCc1ncc(-c2ccccc2)[nH]1)NC1CCN(C(=O)OCC)CC1. The number of nitrogens with zero attached hydrogens (tertiary/aromatic N) is 3. The summed E-state index contributed by atoms with van der Waals surface area (Å²) in [5.41, 5.74) is 2.09. The molecule has 1 amide bonds. The molecule has 0 spiro atoms. The quantitative estimate of drug-likeness (QED) is 0.514. The van der Waals surface area contributed by atoms with Crippen LogP contribution in [0.15, 0.2) is 41.5 Å². The zero-order chi connectivity index (χ0) is 20.5. The number of carbonyl (C=O) groups excluding carboxylic acids is 1. The summed E-state index contributed by atoms with van der Waals surface area (Å²) < 4.78 is 5.08. The monoisotopic (exact) mass is 398 g/mol. The maximum Gasteiger partial charge on any atom is 0.409 e. The summed E-state index contributed by atoms with van der Waals surface area (Å²) in [7, 11) is 0. The van der Waals surface area contributed by atoms with Gasteiger partial charge < -0.3 is 25.3 Å². The fourth-order valence-corrected chi connectivity index (χ4v) is 3.30. The number of rotatable bonds is 6. The van der Waals surface area contributed by atoms with Gasteiger partial charge in [-0.05, 0) is 32.3 Å². The average Bonchev–Trinajstić information content (AvgIpc) is 3.23. The number of ether oxygens (including phenoxy) is 1. The Morgan fingerprint density at radius 1 is 1.28 bits per heavy atom. The van der Waals surface area contributed by atoms with Crippen LogP contribution in [-0.2, 0) is 11.3 Å². The first-order chi connectivity index (χ1) is 14.2. The van der Waals surface area contributed by atoms with Gasteiger partial charge in [-0.3, -0.25) is 0 Å². The number of hydrogen-bond acceptors (Lipinski definition) is 4. The fourth-order valence-electron chi connectivity index (χ4n) is 3.30. The number of H-pyrrole nitrogens is 1. The van der Waals surface area contributed by atoms with E-state index in [1.807, 2.05) is 38.2 Å². The van der Waals surface area contributed by atoms with E-state index in [0.29, 0.717) is 26.2 Å². The Morgan fingerprint density at radius 3 is 2.72 bits per heavy atom. The number of benzene rings is 1. The van der Waals surface area contributed by atoms with Crippen LogP contribution in [0.4, 0.5) is 4.79 Å². The second kappa shape index (κ2) is 10.5. The molecule has 3 rings (SSSR count). The molecule has 0 radical (unpaired) electrons. The highest BCUT2D eigenvalue weighted by atomic mass is 16.6. The molecule has 1 aromatic carbocycles. The average molecular weight is 399 g/mol. The van der Waals surface area contributed by atoms with Crippen molar-refractivity contribution >= 4 is 12.1 Å². The van der Waals surface area contributed by atoms with E-state index in [0.717, 1.165) is 42.4 Å². The lowest BCUT2D eigenvalue weighted by Gasteiger charge is -2.32. The van der Waals surface area contributed by atoms with E-state index < -0.39 is 0 Å². The molecule has 1 aromatic heterocycles. The van der Waals surface area contributed by atoms with E-state index in [2.05, 4.69) is 37.7 Å². The van der Waals surface area contributed by atoms with Gasteiger partial charge in [0.1, 0.15) is 12.4 Å². The van der Waals surface area contributed by atoms with Gasteiger partial charge in [0, 0.05) is 25.7 Å². The number of amides is 1. The van der Waals surface area contributed by atoms with Gasteiger partial charge in [-0.1, -0.05) is 30.3 Å². The zero-order valence-electron chi connectivity index (χ0n) is 17.1. The van der Waals surface area contributed by atoms with Crippen molar-refractivity contribution in [3.8, 4) is 11.3 Å². The summed E-state index contributed by atoms with van der Waals surface area (Å²) in [5, 5.41) is 6.76. The van der Waals surface area contributed by atoms with Crippen molar-refractivity contribution < 1.29 is 9.53 Å². The molecule has 0 saturated carbocycles. The third-order valence-electron chi connectivity index (χ3n) is 4.81. The zero-order valence-corrected chi connectivity index (χ0v) is 17.1. The summed E-state index contributed by atoms with van der Waals surface area (Å²) in [6.07, 6.45) is 3.34. The van der Waals surface area contributed by atoms with E-state index in [9.17, 15) is 4.79 Å². The number of aliphatic imine (C=N–C) groups is 1. The van der Waals surface area contributed by atoms with E-state index in [1.54, 1.807) is 4.90 Å². The largest absolute Gasteiger partial charge is 0.450 e. The number of hydrogen-bond donors (Lipinski definition) is 3. The van der Waals surface area contributed by atoms with Crippen LogP contribution in [0.25, 0.3) is 11.3 Å². The van der Waals surface area contributed by atoms with Crippen LogP contribution >= 0.6 is 0 Å². The smallest absolute Gasteiger partial charge is 0.409 e. The predicted octanol–water partition coefficient (Wildman–Crippen LogP) is 2.75. The summed E-state index contributed by atoms with van der Waals surface area (Å²) in [6, 6.07) is 10.4. The standard InChI is InChI=1S/C21H30N6O2/c1-3-22-20(25-17-10-12-27(13-11-17)21(28)29-4-2)24-15-19-23-14-18(26-19)16-8-6-5-7-9-16/h5-9,14,17H,3-4,10-13,15H2,1-2H3,(H,23,26)(H2,22,24,25). The molecule has 8 nitrogen and oxygen atoms in total. The summed E-state index contributed by atoms with van der Waals surface area (Å²) >= 11 is 0. The molecular weight excluding hydrogens is 368 g/mol. The van der Waals surface area contributed by atoms with Crippen LogP contribution < -0.4 is 10.6 Å². The number of aromatic nitrogens is 2. The number of likely N-dealkylation sites (tertiary alicyclic amines) is 1. The van der Waals surface area contributed by atoms with Gasteiger partial charge in [0.15, 0.2) is 5.96 Å². The van der Waals surface area contributed by atoms with Gasteiger partial charge in [0.05, 0.1) is 18.5 Å². The molecule has 0 aliphatic carbocycles. The first kappa shape index (κ1) is 20.7. The molecule has 156 valence electrons. The number of aromatic amines is 1. The minimum Gasteiger partial charge on any atom is -0.450 e. The number of piperidine rings is 1.